The fourth-order valence-electron chi connectivity index (χ4n) is 2.30. The Morgan fingerprint density at radius 2 is 2.14 bits per heavy atom. The molecule has 1 aliphatic heterocycles. The van der Waals surface area contributed by atoms with Crippen molar-refractivity contribution in [1.82, 2.24) is 5.32 Å². The maximum atomic E-state index is 12.7. The minimum absolute atomic E-state index is 0.118. The normalized spacial score (nSPS) is 24.7. The number of amides is 1. The molecule has 0 saturated carbocycles. The van der Waals surface area contributed by atoms with Crippen LogP contribution in [-0.2, 0) is 19.1 Å². The zero-order valence-corrected chi connectivity index (χ0v) is 14.9. The number of hydrogen-bond acceptors (Lipinski definition) is 6. The maximum absolute atomic E-state index is 12.7. The molecule has 3 N–H and O–H groups in total. The maximum Gasteiger partial charge on any atom is 0.315 e. The highest BCUT2D eigenvalue weighted by molar-refractivity contribution is 8.01. The van der Waals surface area contributed by atoms with Crippen molar-refractivity contribution in [2.75, 3.05) is 18.9 Å². The van der Waals surface area contributed by atoms with E-state index in [4.69, 9.17) is 15.2 Å². The summed E-state index contributed by atoms with van der Waals surface area (Å²) in [6.45, 7) is 10.1. The fraction of sp³-hybridized carbons (Fsp3) is 0.867. The first kappa shape index (κ1) is 19.3. The van der Waals surface area contributed by atoms with Crippen LogP contribution in [0.3, 0.4) is 0 Å². The smallest absolute Gasteiger partial charge is 0.315 e. The number of carbonyl (C=O) groups excluding carboxylic acids is 2. The molecule has 1 aliphatic rings. The van der Waals surface area contributed by atoms with Crippen molar-refractivity contribution in [1.29, 1.82) is 0 Å². The van der Waals surface area contributed by atoms with Gasteiger partial charge in [0.2, 0.25) is 11.0 Å². The lowest BCUT2D eigenvalue weighted by molar-refractivity contribution is -0.170. The summed E-state index contributed by atoms with van der Waals surface area (Å²) in [6, 6.07) is 0. The zero-order chi connectivity index (χ0) is 17.0. The van der Waals surface area contributed by atoms with Gasteiger partial charge in [0.15, 0.2) is 0 Å². The topological polar surface area (TPSA) is 90.7 Å². The molecule has 6 nitrogen and oxygen atoms in total. The van der Waals surface area contributed by atoms with E-state index in [1.54, 1.807) is 0 Å². The third-order valence-corrected chi connectivity index (χ3v) is 4.62. The molecular weight excluding hydrogens is 304 g/mol. The van der Waals surface area contributed by atoms with Crippen molar-refractivity contribution >= 4 is 23.6 Å². The molecule has 0 aromatic heterocycles. The van der Waals surface area contributed by atoms with E-state index < -0.39 is 16.6 Å². The molecule has 1 rings (SSSR count). The molecule has 0 radical (unpaired) electrons. The van der Waals surface area contributed by atoms with Gasteiger partial charge in [-0.25, -0.2) is 0 Å². The van der Waals surface area contributed by atoms with Crippen LogP contribution in [0.25, 0.3) is 0 Å². The standard InChI is InChI=1S/C15H28N2O4S/c1-6-20-15(17-12(18)9-22-15)11(7-10(2)8-16)13(19)21-14(3,4)5/h10-11H,6-9,16H2,1-5H3,(H,17,18)/t10?,11-,15?/m0/s1. The monoisotopic (exact) mass is 332 g/mol. The van der Waals surface area contributed by atoms with Crippen LogP contribution in [0, 0.1) is 11.8 Å². The third-order valence-electron chi connectivity index (χ3n) is 3.28. The van der Waals surface area contributed by atoms with Gasteiger partial charge in [-0.3, -0.25) is 9.59 Å². The molecule has 3 atom stereocenters. The average Bonchev–Trinajstić information content (AvgIpc) is 2.76. The molecule has 7 heteroatoms. The van der Waals surface area contributed by atoms with E-state index in [-0.39, 0.29) is 23.5 Å². The summed E-state index contributed by atoms with van der Waals surface area (Å²) in [4.78, 5) is 24.4. The summed E-state index contributed by atoms with van der Waals surface area (Å²) >= 11 is 1.31. The van der Waals surface area contributed by atoms with Crippen LogP contribution in [-0.4, -0.2) is 41.4 Å². The average molecular weight is 332 g/mol. The third kappa shape index (κ3) is 5.14. The fourth-order valence-corrected chi connectivity index (χ4v) is 3.50. The molecule has 0 spiro atoms. The van der Waals surface area contributed by atoms with E-state index in [9.17, 15) is 9.59 Å². The van der Waals surface area contributed by atoms with Crippen LogP contribution in [0.5, 0.6) is 0 Å². The number of esters is 1. The number of carbonyl (C=O) groups is 2. The van der Waals surface area contributed by atoms with Crippen LogP contribution in [0.1, 0.15) is 41.0 Å². The van der Waals surface area contributed by atoms with Crippen molar-refractivity contribution in [3.8, 4) is 0 Å². The number of rotatable bonds is 7. The van der Waals surface area contributed by atoms with Crippen LogP contribution in [0.2, 0.25) is 0 Å². The van der Waals surface area contributed by atoms with Crippen LogP contribution < -0.4 is 11.1 Å². The van der Waals surface area contributed by atoms with Crippen molar-refractivity contribution in [2.45, 2.75) is 51.7 Å². The summed E-state index contributed by atoms with van der Waals surface area (Å²) in [5.41, 5.74) is 5.11. The predicted molar refractivity (Wildman–Crippen MR) is 87.1 cm³/mol. The molecule has 2 unspecified atom stereocenters. The Morgan fingerprint density at radius 3 is 2.55 bits per heavy atom. The van der Waals surface area contributed by atoms with Crippen molar-refractivity contribution < 1.29 is 19.1 Å². The first-order chi connectivity index (χ1) is 10.1. The van der Waals surface area contributed by atoms with Crippen molar-refractivity contribution in [3.05, 3.63) is 0 Å². The molecule has 0 aromatic rings. The second-order valence-corrected chi connectivity index (χ2v) is 7.78. The summed E-state index contributed by atoms with van der Waals surface area (Å²) in [5, 5.41) is 1.77. The molecule has 1 amide bonds. The minimum atomic E-state index is -1.06. The van der Waals surface area contributed by atoms with Gasteiger partial charge in [-0.05, 0) is 46.6 Å². The van der Waals surface area contributed by atoms with E-state index in [1.807, 2.05) is 34.6 Å². The summed E-state index contributed by atoms with van der Waals surface area (Å²) in [6.07, 6.45) is 0.499. The van der Waals surface area contributed by atoms with Gasteiger partial charge in [-0.15, -0.1) is 0 Å². The first-order valence-electron chi connectivity index (χ1n) is 7.65. The highest BCUT2D eigenvalue weighted by Gasteiger charge is 2.51. The molecular formula is C15H28N2O4S. The summed E-state index contributed by atoms with van der Waals surface area (Å²) in [7, 11) is 0. The van der Waals surface area contributed by atoms with Crippen LogP contribution >= 0.6 is 11.8 Å². The lowest BCUT2D eigenvalue weighted by Crippen LogP contribution is -2.53. The molecule has 1 heterocycles. The highest BCUT2D eigenvalue weighted by atomic mass is 32.2. The minimum Gasteiger partial charge on any atom is -0.460 e. The lowest BCUT2D eigenvalue weighted by Gasteiger charge is -2.37. The number of nitrogens with one attached hydrogen (secondary N) is 1. The molecule has 1 saturated heterocycles. The van der Waals surface area contributed by atoms with Gasteiger partial charge in [-0.2, -0.15) is 0 Å². The van der Waals surface area contributed by atoms with Gasteiger partial charge < -0.3 is 20.5 Å². The zero-order valence-electron chi connectivity index (χ0n) is 14.1. The van der Waals surface area contributed by atoms with Gasteiger partial charge in [0, 0.05) is 6.61 Å². The Balaban J connectivity index is 3.05. The van der Waals surface area contributed by atoms with Gasteiger partial charge in [0.25, 0.3) is 0 Å². The van der Waals surface area contributed by atoms with Gasteiger partial charge in [-0.1, -0.05) is 18.7 Å². The second-order valence-electron chi connectivity index (χ2n) is 6.60. The quantitative estimate of drug-likeness (QED) is 0.686. The van der Waals surface area contributed by atoms with Gasteiger partial charge >= 0.3 is 5.97 Å². The summed E-state index contributed by atoms with van der Waals surface area (Å²) < 4.78 is 11.3. The molecule has 0 aromatic carbocycles. The van der Waals surface area contributed by atoms with E-state index in [1.165, 1.54) is 11.8 Å². The Hall–Kier alpha value is -0.790. The summed E-state index contributed by atoms with van der Waals surface area (Å²) in [5.74, 6) is -0.700. The number of hydrogen-bond donors (Lipinski definition) is 2. The molecule has 0 aliphatic carbocycles. The SMILES string of the molecule is CCOC1([C@@H](CC(C)CN)C(=O)OC(C)(C)C)NC(=O)CS1. The number of thioether (sulfide) groups is 1. The second kappa shape index (κ2) is 7.66. The van der Waals surface area contributed by atoms with E-state index in [0.29, 0.717) is 19.6 Å². The number of ether oxygens (including phenoxy) is 2. The largest absolute Gasteiger partial charge is 0.460 e. The number of nitrogens with two attached hydrogens (primary N) is 1. The van der Waals surface area contributed by atoms with Crippen molar-refractivity contribution in [3.63, 3.8) is 0 Å². The van der Waals surface area contributed by atoms with E-state index in [2.05, 4.69) is 5.32 Å². The molecule has 128 valence electrons. The first-order valence-corrected chi connectivity index (χ1v) is 8.64. The van der Waals surface area contributed by atoms with Gasteiger partial charge in [0.05, 0.1) is 5.75 Å². The molecule has 0 bridgehead atoms. The molecule has 22 heavy (non-hydrogen) atoms. The Morgan fingerprint density at radius 1 is 1.50 bits per heavy atom. The lowest BCUT2D eigenvalue weighted by atomic mass is 9.93. The van der Waals surface area contributed by atoms with Crippen LogP contribution in [0.15, 0.2) is 0 Å². The molecule has 1 fully saturated rings. The Kier molecular flexibility index (Phi) is 6.70. The highest BCUT2D eigenvalue weighted by Crippen LogP contribution is 2.40. The van der Waals surface area contributed by atoms with E-state index in [0.717, 1.165) is 0 Å². The Bertz CT molecular complexity index is 411. The predicted octanol–water partition coefficient (Wildman–Crippen LogP) is 1.48. The Labute approximate surface area is 136 Å². The van der Waals surface area contributed by atoms with Crippen molar-refractivity contribution in [2.24, 2.45) is 17.6 Å². The van der Waals surface area contributed by atoms with Gasteiger partial charge in [0.1, 0.15) is 11.5 Å². The van der Waals surface area contributed by atoms with E-state index >= 15 is 0 Å². The van der Waals surface area contributed by atoms with Crippen LogP contribution in [0.4, 0.5) is 0 Å².